The minimum absolute atomic E-state index is 0.742. The summed E-state index contributed by atoms with van der Waals surface area (Å²) in [5.74, 6) is 0. The number of allylic oxidation sites excluding steroid dienone is 5. The summed E-state index contributed by atoms with van der Waals surface area (Å²) in [5, 5.41) is 0. The molecule has 0 N–H and O–H groups in total. The number of hydrogen-bond acceptors (Lipinski definition) is 2. The Balaban J connectivity index is 2.45. The number of aldehydes is 1. The fraction of sp³-hybridized carbons (Fsp3) is 0.435. The summed E-state index contributed by atoms with van der Waals surface area (Å²) in [6.07, 6.45) is 12.3. The van der Waals surface area contributed by atoms with Crippen molar-refractivity contribution in [1.82, 2.24) is 0 Å². The van der Waals surface area contributed by atoms with Gasteiger partial charge in [0.2, 0.25) is 0 Å². The van der Waals surface area contributed by atoms with E-state index in [0.29, 0.717) is 0 Å². The normalized spacial score (nSPS) is 12.0. The first-order valence-electron chi connectivity index (χ1n) is 9.14. The highest BCUT2D eigenvalue weighted by Gasteiger charge is 2.04. The Morgan fingerprint density at radius 3 is 2.16 bits per heavy atom. The minimum Gasteiger partial charge on any atom is -0.370 e. The zero-order valence-corrected chi connectivity index (χ0v) is 16.5. The highest BCUT2D eigenvalue weighted by atomic mass is 16.1. The molecule has 0 aliphatic heterocycles. The van der Waals surface area contributed by atoms with Crippen molar-refractivity contribution in [2.24, 2.45) is 0 Å². The Kier molecular flexibility index (Phi) is 9.61. The molecule has 0 heterocycles. The van der Waals surface area contributed by atoms with Gasteiger partial charge >= 0.3 is 0 Å². The number of nitrogens with zero attached hydrogens (tertiary/aromatic N) is 1. The summed E-state index contributed by atoms with van der Waals surface area (Å²) in [6, 6.07) is 7.72. The van der Waals surface area contributed by atoms with Crippen molar-refractivity contribution in [3.05, 3.63) is 64.8 Å². The number of rotatable bonds is 10. The molecule has 1 rings (SSSR count). The van der Waals surface area contributed by atoms with E-state index in [1.807, 2.05) is 31.3 Å². The largest absolute Gasteiger partial charge is 0.370 e. The third kappa shape index (κ3) is 8.53. The van der Waals surface area contributed by atoms with Gasteiger partial charge in [-0.2, -0.15) is 0 Å². The van der Waals surface area contributed by atoms with Gasteiger partial charge in [-0.1, -0.05) is 47.1 Å². The van der Waals surface area contributed by atoms with E-state index in [0.717, 1.165) is 49.8 Å². The molecule has 0 aliphatic carbocycles. The van der Waals surface area contributed by atoms with Gasteiger partial charge in [-0.05, 0) is 65.5 Å². The van der Waals surface area contributed by atoms with Crippen LogP contribution in [0.2, 0.25) is 0 Å². The lowest BCUT2D eigenvalue weighted by Gasteiger charge is -2.19. The summed E-state index contributed by atoms with van der Waals surface area (Å²) in [6.45, 7) is 9.53. The van der Waals surface area contributed by atoms with E-state index in [-0.39, 0.29) is 0 Å². The lowest BCUT2D eigenvalue weighted by atomic mass is 10.1. The molecule has 0 fully saturated rings. The average Bonchev–Trinajstić information content (AvgIpc) is 2.59. The van der Waals surface area contributed by atoms with Gasteiger partial charge in [0.05, 0.1) is 0 Å². The lowest BCUT2D eigenvalue weighted by Crippen LogP contribution is -2.18. The molecule has 0 aromatic heterocycles. The third-order valence-electron chi connectivity index (χ3n) is 4.31. The van der Waals surface area contributed by atoms with Crippen molar-refractivity contribution in [3.8, 4) is 0 Å². The zero-order chi connectivity index (χ0) is 18.7. The molecule has 0 saturated carbocycles. The van der Waals surface area contributed by atoms with Gasteiger partial charge in [0.25, 0.3) is 0 Å². The highest BCUT2D eigenvalue weighted by Crippen LogP contribution is 2.18. The first-order chi connectivity index (χ1) is 11.9. The molecule has 0 saturated heterocycles. The van der Waals surface area contributed by atoms with E-state index in [2.05, 4.69) is 50.8 Å². The fourth-order valence-corrected chi connectivity index (χ4v) is 2.66. The summed E-state index contributed by atoms with van der Waals surface area (Å²) < 4.78 is 0. The Labute approximate surface area is 153 Å². The van der Waals surface area contributed by atoms with E-state index >= 15 is 0 Å². The maximum absolute atomic E-state index is 11.1. The maximum Gasteiger partial charge on any atom is 0.152 e. The minimum atomic E-state index is 0.742. The molecule has 2 heteroatoms. The second-order valence-electron chi connectivity index (χ2n) is 7.02. The fourth-order valence-electron chi connectivity index (χ4n) is 2.66. The molecule has 0 amide bonds. The molecule has 1 aromatic carbocycles. The van der Waals surface area contributed by atoms with E-state index < -0.39 is 0 Å². The number of carbonyl (C=O) groups is 1. The predicted octanol–water partition coefficient (Wildman–Crippen LogP) is 6.35. The van der Waals surface area contributed by atoms with E-state index in [4.69, 9.17) is 0 Å². The molecule has 136 valence electrons. The van der Waals surface area contributed by atoms with Crippen molar-refractivity contribution in [2.45, 2.75) is 53.4 Å². The van der Waals surface area contributed by atoms with Crippen molar-refractivity contribution in [3.63, 3.8) is 0 Å². The van der Waals surface area contributed by atoms with Crippen LogP contribution >= 0.6 is 0 Å². The molecular weight excluding hydrogens is 306 g/mol. The Morgan fingerprint density at radius 2 is 1.52 bits per heavy atom. The number of benzene rings is 1. The van der Waals surface area contributed by atoms with Gasteiger partial charge in [-0.3, -0.25) is 4.79 Å². The monoisotopic (exact) mass is 339 g/mol. The van der Waals surface area contributed by atoms with Crippen LogP contribution < -0.4 is 4.90 Å². The van der Waals surface area contributed by atoms with E-state index in [1.165, 1.54) is 16.7 Å². The number of carbonyl (C=O) groups excluding carboxylic acids is 1. The average molecular weight is 340 g/mol. The standard InChI is InChI=1S/C23H33NO/c1-19(2)10-8-11-20(3)12-9-13-21(4)16-17-24(5)23-15-7-6-14-22(23)18-25/h6-7,10,12,14-16,18H,8-9,11,13,17H2,1-5H3/b20-12+,21-16+. The van der Waals surface area contributed by atoms with Gasteiger partial charge in [0.15, 0.2) is 6.29 Å². The zero-order valence-electron chi connectivity index (χ0n) is 16.5. The number of para-hydroxylation sites is 1. The van der Waals surface area contributed by atoms with Crippen LogP contribution in [-0.2, 0) is 0 Å². The number of likely N-dealkylation sites (N-methyl/N-ethyl adjacent to an activating group) is 1. The van der Waals surface area contributed by atoms with Crippen LogP contribution in [0.25, 0.3) is 0 Å². The molecule has 0 radical (unpaired) electrons. The van der Waals surface area contributed by atoms with Crippen LogP contribution in [0.4, 0.5) is 5.69 Å². The molecule has 0 unspecified atom stereocenters. The SMILES string of the molecule is CC(C)=CCC/C(C)=C/CC/C(C)=C/CN(C)c1ccccc1C=O. The number of hydrogen-bond donors (Lipinski definition) is 0. The lowest BCUT2D eigenvalue weighted by molar-refractivity contribution is 0.112. The van der Waals surface area contributed by atoms with Gasteiger partial charge in [-0.15, -0.1) is 0 Å². The first-order valence-corrected chi connectivity index (χ1v) is 9.14. The molecule has 1 aromatic rings. The Morgan fingerprint density at radius 1 is 0.920 bits per heavy atom. The van der Waals surface area contributed by atoms with Gasteiger partial charge in [0, 0.05) is 24.8 Å². The predicted molar refractivity (Wildman–Crippen MR) is 111 cm³/mol. The van der Waals surface area contributed by atoms with Crippen LogP contribution in [0.5, 0.6) is 0 Å². The molecule has 2 nitrogen and oxygen atoms in total. The first kappa shape index (κ1) is 21.0. The molecule has 0 bridgehead atoms. The van der Waals surface area contributed by atoms with Gasteiger partial charge in [0.1, 0.15) is 0 Å². The summed E-state index contributed by atoms with van der Waals surface area (Å²) in [5.41, 5.74) is 5.99. The maximum atomic E-state index is 11.1. The van der Waals surface area contributed by atoms with Crippen LogP contribution in [0.3, 0.4) is 0 Å². The van der Waals surface area contributed by atoms with Crippen molar-refractivity contribution < 1.29 is 4.79 Å². The van der Waals surface area contributed by atoms with Crippen LogP contribution in [0, 0.1) is 0 Å². The summed E-state index contributed by atoms with van der Waals surface area (Å²) in [7, 11) is 2.03. The molecular formula is C23H33NO. The summed E-state index contributed by atoms with van der Waals surface area (Å²) in [4.78, 5) is 13.3. The van der Waals surface area contributed by atoms with Gasteiger partial charge < -0.3 is 4.90 Å². The number of anilines is 1. The van der Waals surface area contributed by atoms with E-state index in [9.17, 15) is 4.79 Å². The smallest absolute Gasteiger partial charge is 0.152 e. The van der Waals surface area contributed by atoms with Crippen LogP contribution in [-0.4, -0.2) is 19.9 Å². The van der Waals surface area contributed by atoms with Gasteiger partial charge in [-0.25, -0.2) is 0 Å². The van der Waals surface area contributed by atoms with Crippen LogP contribution in [0.1, 0.15) is 63.7 Å². The molecule has 25 heavy (non-hydrogen) atoms. The Bertz CT molecular complexity index is 633. The van der Waals surface area contributed by atoms with Crippen LogP contribution in [0.15, 0.2) is 59.2 Å². The van der Waals surface area contributed by atoms with E-state index in [1.54, 1.807) is 0 Å². The third-order valence-corrected chi connectivity index (χ3v) is 4.31. The second-order valence-corrected chi connectivity index (χ2v) is 7.02. The van der Waals surface area contributed by atoms with Crippen molar-refractivity contribution in [2.75, 3.05) is 18.5 Å². The molecule has 0 atom stereocenters. The quantitative estimate of drug-likeness (QED) is 0.365. The molecule has 0 spiro atoms. The Hall–Kier alpha value is -2.09. The second kappa shape index (κ2) is 11.5. The topological polar surface area (TPSA) is 20.3 Å². The highest BCUT2D eigenvalue weighted by molar-refractivity contribution is 5.84. The van der Waals surface area contributed by atoms with Crippen molar-refractivity contribution >= 4 is 12.0 Å². The summed E-state index contributed by atoms with van der Waals surface area (Å²) >= 11 is 0. The van der Waals surface area contributed by atoms with Crippen molar-refractivity contribution in [1.29, 1.82) is 0 Å². The molecule has 0 aliphatic rings.